The number of methoxy groups -OCH3 is 1. The average molecular weight is 449 g/mol. The predicted molar refractivity (Wildman–Crippen MR) is 97.4 cm³/mol. The van der Waals surface area contributed by atoms with Crippen LogP contribution in [0.15, 0.2) is 38.9 Å². The van der Waals surface area contributed by atoms with E-state index in [2.05, 4.69) is 26.0 Å². The number of fused-ring (bicyclic) bond motifs is 1. The monoisotopic (exact) mass is 448 g/mol. The van der Waals surface area contributed by atoms with Crippen molar-refractivity contribution in [2.75, 3.05) is 13.9 Å². The molecule has 3 heterocycles. The van der Waals surface area contributed by atoms with Crippen molar-refractivity contribution in [3.63, 3.8) is 0 Å². The predicted octanol–water partition coefficient (Wildman–Crippen LogP) is 2.65. The van der Waals surface area contributed by atoms with Crippen molar-refractivity contribution in [2.45, 2.75) is 6.54 Å². The van der Waals surface area contributed by atoms with E-state index in [0.29, 0.717) is 21.5 Å². The van der Waals surface area contributed by atoms with E-state index >= 15 is 0 Å². The number of urea groups is 1. The molecule has 2 aliphatic rings. The van der Waals surface area contributed by atoms with Gasteiger partial charge >= 0.3 is 12.0 Å². The van der Waals surface area contributed by atoms with Gasteiger partial charge < -0.3 is 23.9 Å². The SMILES string of the molecule is COC(=O)c1ccc(CN2C(=O)N/C(=C\c3cc4c(cc3Br)OCO4)C2=O)o1. The van der Waals surface area contributed by atoms with E-state index in [1.165, 1.54) is 25.3 Å². The van der Waals surface area contributed by atoms with Gasteiger partial charge in [0.15, 0.2) is 11.5 Å². The minimum atomic E-state index is -0.642. The number of carbonyl (C=O) groups excluding carboxylic acids is 3. The fourth-order valence-electron chi connectivity index (χ4n) is 2.74. The van der Waals surface area contributed by atoms with E-state index in [9.17, 15) is 14.4 Å². The lowest BCUT2D eigenvalue weighted by Gasteiger charge is -2.09. The molecule has 1 saturated heterocycles. The number of imide groups is 1. The third-order valence-corrected chi connectivity index (χ3v) is 4.80. The molecule has 1 fully saturated rings. The van der Waals surface area contributed by atoms with Crippen molar-refractivity contribution < 1.29 is 33.0 Å². The van der Waals surface area contributed by atoms with Gasteiger partial charge in [-0.05, 0) is 35.9 Å². The van der Waals surface area contributed by atoms with Crippen LogP contribution in [0.25, 0.3) is 6.08 Å². The van der Waals surface area contributed by atoms with Crippen LogP contribution in [0.1, 0.15) is 21.9 Å². The van der Waals surface area contributed by atoms with Gasteiger partial charge in [0.25, 0.3) is 5.91 Å². The fraction of sp³-hybridized carbons (Fsp3) is 0.167. The lowest BCUT2D eigenvalue weighted by molar-refractivity contribution is -0.123. The first-order valence-electron chi connectivity index (χ1n) is 8.07. The van der Waals surface area contributed by atoms with Crippen molar-refractivity contribution in [3.8, 4) is 11.5 Å². The van der Waals surface area contributed by atoms with Crippen molar-refractivity contribution in [1.29, 1.82) is 0 Å². The summed E-state index contributed by atoms with van der Waals surface area (Å²) < 4.78 is 21.2. The molecule has 1 N–H and O–H groups in total. The van der Waals surface area contributed by atoms with Gasteiger partial charge in [-0.3, -0.25) is 9.69 Å². The zero-order chi connectivity index (χ0) is 19.8. The molecule has 2 aromatic rings. The number of halogens is 1. The Bertz CT molecular complexity index is 1030. The van der Waals surface area contributed by atoms with Crippen LogP contribution in [0.5, 0.6) is 11.5 Å². The van der Waals surface area contributed by atoms with Crippen LogP contribution in [0.3, 0.4) is 0 Å². The van der Waals surface area contributed by atoms with Crippen LogP contribution in [0, 0.1) is 0 Å². The number of ether oxygens (including phenoxy) is 3. The molecule has 0 saturated carbocycles. The number of furan rings is 1. The molecule has 4 rings (SSSR count). The van der Waals surface area contributed by atoms with Gasteiger partial charge in [-0.25, -0.2) is 9.59 Å². The summed E-state index contributed by atoms with van der Waals surface area (Å²) in [5, 5.41) is 2.53. The standard InChI is InChI=1S/C18H13BrN2O7/c1-25-17(23)13-3-2-10(28-13)7-21-16(22)12(20-18(21)24)4-9-5-14-15(6-11(9)19)27-8-26-14/h2-6H,7-8H2,1H3,(H,20,24)/b12-4-. The van der Waals surface area contributed by atoms with Gasteiger partial charge in [0.2, 0.25) is 12.6 Å². The summed E-state index contributed by atoms with van der Waals surface area (Å²) in [7, 11) is 1.23. The summed E-state index contributed by atoms with van der Waals surface area (Å²) in [5.74, 6) is 0.243. The molecule has 3 amide bonds. The second-order valence-corrected chi connectivity index (χ2v) is 6.72. The highest BCUT2D eigenvalue weighted by Gasteiger charge is 2.34. The molecule has 28 heavy (non-hydrogen) atoms. The first-order chi connectivity index (χ1) is 13.5. The number of carbonyl (C=O) groups is 3. The van der Waals surface area contributed by atoms with E-state index in [1.54, 1.807) is 12.1 Å². The molecule has 0 unspecified atom stereocenters. The number of amides is 3. The zero-order valence-electron chi connectivity index (χ0n) is 14.5. The second-order valence-electron chi connectivity index (χ2n) is 5.86. The third-order valence-electron chi connectivity index (χ3n) is 4.12. The summed E-state index contributed by atoms with van der Waals surface area (Å²) in [6, 6.07) is 5.76. The van der Waals surface area contributed by atoms with E-state index in [0.717, 1.165) is 4.90 Å². The van der Waals surface area contributed by atoms with E-state index < -0.39 is 17.9 Å². The first-order valence-corrected chi connectivity index (χ1v) is 8.86. The van der Waals surface area contributed by atoms with Crippen LogP contribution in [-0.4, -0.2) is 36.7 Å². The van der Waals surface area contributed by atoms with Crippen LogP contribution >= 0.6 is 15.9 Å². The Kier molecular flexibility index (Phi) is 4.55. The lowest BCUT2D eigenvalue weighted by atomic mass is 10.1. The summed E-state index contributed by atoms with van der Waals surface area (Å²) >= 11 is 3.41. The fourth-order valence-corrected chi connectivity index (χ4v) is 3.18. The molecule has 0 bridgehead atoms. The number of esters is 1. The van der Waals surface area contributed by atoms with Crippen molar-refractivity contribution in [2.24, 2.45) is 0 Å². The van der Waals surface area contributed by atoms with Gasteiger partial charge in [0.05, 0.1) is 13.7 Å². The summed E-state index contributed by atoms with van der Waals surface area (Å²) in [4.78, 5) is 37.3. The Morgan fingerprint density at radius 2 is 2.04 bits per heavy atom. The molecule has 1 aromatic carbocycles. The normalized spacial score (nSPS) is 16.6. The minimum absolute atomic E-state index is 0.00962. The highest BCUT2D eigenvalue weighted by molar-refractivity contribution is 9.10. The van der Waals surface area contributed by atoms with E-state index in [4.69, 9.17) is 13.9 Å². The minimum Gasteiger partial charge on any atom is -0.463 e. The van der Waals surface area contributed by atoms with Crippen LogP contribution in [-0.2, 0) is 16.1 Å². The maximum absolute atomic E-state index is 12.6. The number of hydrogen-bond acceptors (Lipinski definition) is 7. The zero-order valence-corrected chi connectivity index (χ0v) is 16.1. The molecule has 0 radical (unpaired) electrons. The largest absolute Gasteiger partial charge is 0.463 e. The maximum atomic E-state index is 12.6. The molecule has 1 aromatic heterocycles. The molecule has 9 nitrogen and oxygen atoms in total. The molecule has 10 heteroatoms. The van der Waals surface area contributed by atoms with Gasteiger partial charge in [-0.2, -0.15) is 0 Å². The Balaban J connectivity index is 1.55. The molecule has 0 aliphatic carbocycles. The number of nitrogens with one attached hydrogen (secondary N) is 1. The molecule has 2 aliphatic heterocycles. The van der Waals surface area contributed by atoms with Gasteiger partial charge in [0, 0.05) is 4.47 Å². The molecular weight excluding hydrogens is 436 g/mol. The first kappa shape index (κ1) is 18.1. The smallest absolute Gasteiger partial charge is 0.373 e. The Morgan fingerprint density at radius 1 is 1.29 bits per heavy atom. The van der Waals surface area contributed by atoms with Gasteiger partial charge in [-0.15, -0.1) is 0 Å². The maximum Gasteiger partial charge on any atom is 0.373 e. The average Bonchev–Trinajstić information content (AvgIpc) is 3.38. The number of rotatable bonds is 4. The molecule has 144 valence electrons. The molecule has 0 atom stereocenters. The number of nitrogens with zero attached hydrogens (tertiary/aromatic N) is 1. The van der Waals surface area contributed by atoms with E-state index in [-0.39, 0.29) is 30.6 Å². The van der Waals surface area contributed by atoms with E-state index in [1.807, 2.05) is 0 Å². The quantitative estimate of drug-likeness (QED) is 0.435. The topological polar surface area (TPSA) is 107 Å². The Morgan fingerprint density at radius 3 is 2.79 bits per heavy atom. The van der Waals surface area contributed by atoms with Gasteiger partial charge in [0.1, 0.15) is 11.5 Å². The second kappa shape index (κ2) is 7.04. The Labute approximate surface area is 167 Å². The van der Waals surface area contributed by atoms with Gasteiger partial charge in [-0.1, -0.05) is 15.9 Å². The highest BCUT2D eigenvalue weighted by atomic mass is 79.9. The summed E-state index contributed by atoms with van der Waals surface area (Å²) in [5.41, 5.74) is 0.741. The molecule has 0 spiro atoms. The highest BCUT2D eigenvalue weighted by Crippen LogP contribution is 2.37. The molecular formula is C18H13BrN2O7. The summed E-state index contributed by atoms with van der Waals surface area (Å²) in [6.07, 6.45) is 1.54. The van der Waals surface area contributed by atoms with Crippen LogP contribution in [0.2, 0.25) is 0 Å². The third kappa shape index (κ3) is 3.22. The lowest BCUT2D eigenvalue weighted by Crippen LogP contribution is -2.30. The van der Waals surface area contributed by atoms with Crippen molar-refractivity contribution in [1.82, 2.24) is 10.2 Å². The van der Waals surface area contributed by atoms with Crippen LogP contribution in [0.4, 0.5) is 4.79 Å². The number of benzene rings is 1. The number of hydrogen-bond donors (Lipinski definition) is 1. The van der Waals surface area contributed by atoms with Crippen LogP contribution < -0.4 is 14.8 Å². The summed E-state index contributed by atoms with van der Waals surface area (Å²) in [6.45, 7) is 0.00324. The Hall–Kier alpha value is -3.27. The van der Waals surface area contributed by atoms with Crippen molar-refractivity contribution in [3.05, 3.63) is 51.5 Å². The van der Waals surface area contributed by atoms with Crippen molar-refractivity contribution >= 4 is 39.9 Å².